The molecule has 3 aromatic carbocycles. The van der Waals surface area contributed by atoms with E-state index in [1.807, 2.05) is 19.1 Å². The molecule has 3 amide bonds. The summed E-state index contributed by atoms with van der Waals surface area (Å²) in [6.45, 7) is 1.97. The van der Waals surface area contributed by atoms with Crippen LogP contribution in [0.15, 0.2) is 76.6 Å². The van der Waals surface area contributed by atoms with E-state index >= 15 is 0 Å². The third-order valence-electron chi connectivity index (χ3n) is 10.2. The van der Waals surface area contributed by atoms with Crippen LogP contribution in [-0.4, -0.2) is 53.4 Å². The summed E-state index contributed by atoms with van der Waals surface area (Å²) in [5.41, 5.74) is 2.00. The number of ether oxygens (including phenoxy) is 3. The highest BCUT2D eigenvalue weighted by molar-refractivity contribution is 8.00. The van der Waals surface area contributed by atoms with E-state index in [4.69, 9.17) is 14.2 Å². The van der Waals surface area contributed by atoms with Gasteiger partial charge in [0, 0.05) is 21.7 Å². The van der Waals surface area contributed by atoms with Crippen molar-refractivity contribution >= 4 is 52.2 Å². The Morgan fingerprint density at radius 2 is 1.69 bits per heavy atom. The quantitative estimate of drug-likeness (QED) is 0.158. The number of aromatic amines is 1. The monoisotopic (exact) mass is 699 g/mol. The molecule has 3 fully saturated rings. The van der Waals surface area contributed by atoms with Crippen molar-refractivity contribution in [3.05, 3.63) is 86.8 Å². The van der Waals surface area contributed by atoms with Crippen molar-refractivity contribution < 1.29 is 33.7 Å². The largest absolute Gasteiger partial charge is 0.508 e. The predicted molar refractivity (Wildman–Crippen MR) is 184 cm³/mol. The number of phenolic OH excluding ortho intramolecular Hbond substituents is 1. The number of thiazole rings is 1. The molecule has 11 nitrogen and oxygen atoms in total. The van der Waals surface area contributed by atoms with Crippen molar-refractivity contribution in [2.45, 2.75) is 29.5 Å². The number of H-pyrrole nitrogens is 1. The van der Waals surface area contributed by atoms with Crippen LogP contribution < -0.4 is 29.3 Å². The Kier molecular flexibility index (Phi) is 7.91. The van der Waals surface area contributed by atoms with Crippen molar-refractivity contribution in [1.82, 2.24) is 4.98 Å². The van der Waals surface area contributed by atoms with Crippen LogP contribution in [0.4, 0.5) is 11.4 Å². The number of aromatic nitrogens is 1. The zero-order valence-corrected chi connectivity index (χ0v) is 28.2. The molecule has 8 rings (SSSR count). The summed E-state index contributed by atoms with van der Waals surface area (Å²) in [6, 6.07) is 18.8. The van der Waals surface area contributed by atoms with Gasteiger partial charge in [-0.1, -0.05) is 17.4 Å². The van der Waals surface area contributed by atoms with E-state index in [0.717, 1.165) is 21.9 Å². The highest BCUT2D eigenvalue weighted by Gasteiger charge is 2.69. The van der Waals surface area contributed by atoms with Crippen LogP contribution >= 0.6 is 23.1 Å². The van der Waals surface area contributed by atoms with Gasteiger partial charge in [0.05, 0.1) is 36.3 Å². The number of carbonyl (C=O) groups is 3. The number of anilines is 2. The Hall–Kier alpha value is -4.75. The van der Waals surface area contributed by atoms with Gasteiger partial charge in [0.1, 0.15) is 11.5 Å². The first-order valence-corrected chi connectivity index (χ1v) is 17.8. The molecule has 252 valence electrons. The van der Waals surface area contributed by atoms with E-state index in [0.29, 0.717) is 35.2 Å². The molecular formula is C36H33N3O8S2. The molecule has 2 saturated carbocycles. The Morgan fingerprint density at radius 1 is 0.959 bits per heavy atom. The van der Waals surface area contributed by atoms with Crippen molar-refractivity contribution in [3.63, 3.8) is 0 Å². The second kappa shape index (κ2) is 12.3. The molecule has 2 aliphatic carbocycles. The van der Waals surface area contributed by atoms with Crippen molar-refractivity contribution in [2.75, 3.05) is 30.5 Å². The predicted octanol–water partition coefficient (Wildman–Crippen LogP) is 5.24. The Balaban J connectivity index is 1.09. The Labute approximate surface area is 289 Å². The summed E-state index contributed by atoms with van der Waals surface area (Å²) in [7, 11) is 1.57. The van der Waals surface area contributed by atoms with E-state index in [2.05, 4.69) is 10.3 Å². The smallest absolute Gasteiger partial charge is 0.305 e. The fourth-order valence-electron chi connectivity index (χ4n) is 8.37. The minimum atomic E-state index is -0.428. The number of thioether (sulfide) groups is 1. The molecule has 2 aliphatic heterocycles. The number of amides is 3. The van der Waals surface area contributed by atoms with Crippen molar-refractivity contribution in [2.24, 2.45) is 29.6 Å². The van der Waals surface area contributed by atoms with E-state index in [-0.39, 0.29) is 63.9 Å². The first kappa shape index (κ1) is 31.5. The SMILES string of the molecule is CCOc1cc([C@@H]2c3sc(=O)[nH]c3S[C@@H]3[C@@H]4C[C@@H]([C@@H]5C(=O)N(c6ccc(OC)cc6)C(=O)[C@@H]45)[C@H]23)ccc1OCC(=O)Nc1ccc(O)cc1. The average molecular weight is 700 g/mol. The van der Waals surface area contributed by atoms with Crippen LogP contribution in [0.5, 0.6) is 23.0 Å². The maximum atomic E-state index is 14.1. The lowest BCUT2D eigenvalue weighted by Gasteiger charge is -2.43. The molecule has 4 aromatic rings. The third kappa shape index (κ3) is 5.26. The molecule has 4 aliphatic rings. The summed E-state index contributed by atoms with van der Waals surface area (Å²) in [5, 5.41) is 13.1. The van der Waals surface area contributed by atoms with Crippen LogP contribution in [0, 0.1) is 29.6 Å². The molecule has 1 aromatic heterocycles. The number of nitrogens with zero attached hydrogens (tertiary/aromatic N) is 1. The summed E-state index contributed by atoms with van der Waals surface area (Å²) >= 11 is 2.83. The Morgan fingerprint density at radius 3 is 2.41 bits per heavy atom. The third-order valence-corrected chi connectivity index (χ3v) is 12.8. The number of rotatable bonds is 9. The van der Waals surface area contributed by atoms with E-state index in [1.165, 1.54) is 28.4 Å². The van der Waals surface area contributed by atoms with Gasteiger partial charge in [-0.05, 0) is 97.3 Å². The number of hydrogen-bond acceptors (Lipinski definition) is 10. The van der Waals surface area contributed by atoms with Gasteiger partial charge in [0.25, 0.3) is 5.91 Å². The summed E-state index contributed by atoms with van der Waals surface area (Å²) in [4.78, 5) is 58.6. The molecule has 2 bridgehead atoms. The zero-order chi connectivity index (χ0) is 34.0. The topological polar surface area (TPSA) is 147 Å². The lowest BCUT2D eigenvalue weighted by molar-refractivity contribution is -0.123. The standard InChI is InChI=1S/C36H33N3O8S2/c1-3-46-25-14-17(4-13-24(25)47-16-26(41)37-18-5-9-20(40)10-6-18)27-28-22-15-23(31(28)48-33-32(27)49-36(44)38-33)30-29(22)34(42)39(35(30)43)19-7-11-21(45-2)12-8-19/h4-14,22-23,27-31,40H,3,15-16H2,1-2H3,(H,37,41)(H,38,44)/t22-,23-,27+,28-,29+,30+,31-/m1/s1. The first-order chi connectivity index (χ1) is 23.7. The lowest BCUT2D eigenvalue weighted by Crippen LogP contribution is -2.42. The summed E-state index contributed by atoms with van der Waals surface area (Å²) < 4.78 is 17.2. The maximum Gasteiger partial charge on any atom is 0.305 e. The van der Waals surface area contributed by atoms with Crippen LogP contribution in [0.25, 0.3) is 0 Å². The number of methoxy groups -OCH3 is 1. The Bertz CT molecular complexity index is 2010. The van der Waals surface area contributed by atoms with Gasteiger partial charge in [0.15, 0.2) is 18.1 Å². The highest BCUT2D eigenvalue weighted by atomic mass is 32.2. The minimum Gasteiger partial charge on any atom is -0.508 e. The molecule has 3 heterocycles. The second-order valence-corrected chi connectivity index (χ2v) is 14.9. The number of carbonyl (C=O) groups excluding carboxylic acids is 3. The van der Waals surface area contributed by atoms with Crippen LogP contribution in [0.2, 0.25) is 0 Å². The van der Waals surface area contributed by atoms with E-state index in [1.54, 1.807) is 61.3 Å². The highest BCUT2D eigenvalue weighted by Crippen LogP contribution is 2.68. The maximum absolute atomic E-state index is 14.1. The van der Waals surface area contributed by atoms with Gasteiger partial charge in [-0.25, -0.2) is 0 Å². The summed E-state index contributed by atoms with van der Waals surface area (Å²) in [5.74, 6) is -0.142. The second-order valence-electron chi connectivity index (χ2n) is 12.7. The minimum absolute atomic E-state index is 0.00943. The summed E-state index contributed by atoms with van der Waals surface area (Å²) in [6.07, 6.45) is 0.775. The van der Waals surface area contributed by atoms with Gasteiger partial charge >= 0.3 is 4.87 Å². The van der Waals surface area contributed by atoms with Gasteiger partial charge in [0.2, 0.25) is 11.8 Å². The molecule has 1 saturated heterocycles. The number of phenols is 1. The van der Waals surface area contributed by atoms with Gasteiger partial charge in [-0.3, -0.25) is 24.1 Å². The van der Waals surface area contributed by atoms with E-state index < -0.39 is 11.8 Å². The van der Waals surface area contributed by atoms with Crippen molar-refractivity contribution in [3.8, 4) is 23.0 Å². The lowest BCUT2D eigenvalue weighted by atomic mass is 9.68. The molecule has 13 heteroatoms. The van der Waals surface area contributed by atoms with Crippen LogP contribution in [0.1, 0.15) is 29.7 Å². The van der Waals surface area contributed by atoms with E-state index in [9.17, 15) is 24.3 Å². The molecular weight excluding hydrogens is 667 g/mol. The number of benzene rings is 3. The van der Waals surface area contributed by atoms with Gasteiger partial charge in [-0.2, -0.15) is 0 Å². The number of aromatic hydroxyl groups is 1. The number of fused-ring (bicyclic) bond motifs is 9. The molecule has 0 unspecified atom stereocenters. The van der Waals surface area contributed by atoms with Crippen LogP contribution in [-0.2, 0) is 14.4 Å². The molecule has 7 atom stereocenters. The average Bonchev–Trinajstić information content (AvgIpc) is 3.84. The zero-order valence-electron chi connectivity index (χ0n) is 26.6. The van der Waals surface area contributed by atoms with Crippen LogP contribution in [0.3, 0.4) is 0 Å². The number of nitrogens with one attached hydrogen (secondary N) is 2. The first-order valence-electron chi connectivity index (χ1n) is 16.2. The van der Waals surface area contributed by atoms with Gasteiger partial charge < -0.3 is 29.6 Å². The van der Waals surface area contributed by atoms with Gasteiger partial charge in [-0.15, -0.1) is 11.8 Å². The fraction of sp³-hybridized carbons (Fsp3) is 0.333. The molecule has 0 spiro atoms. The number of imide groups is 1. The number of hydrogen-bond donors (Lipinski definition) is 3. The fourth-order valence-corrected chi connectivity index (χ4v) is 11.3. The molecule has 0 radical (unpaired) electrons. The molecule has 3 N–H and O–H groups in total. The normalized spacial score (nSPS) is 26.2. The van der Waals surface area contributed by atoms with Crippen molar-refractivity contribution in [1.29, 1.82) is 0 Å². The molecule has 49 heavy (non-hydrogen) atoms.